The van der Waals surface area contributed by atoms with E-state index in [9.17, 15) is 18.4 Å². The van der Waals surface area contributed by atoms with Crippen molar-refractivity contribution in [3.63, 3.8) is 0 Å². The topological polar surface area (TPSA) is 52.6 Å². The normalized spacial score (nSPS) is 17.0. The maximum atomic E-state index is 13.4. The number of rotatable bonds is 6. The van der Waals surface area contributed by atoms with Crippen LogP contribution in [0.4, 0.5) is 8.78 Å². The van der Waals surface area contributed by atoms with Crippen LogP contribution in [0.25, 0.3) is 11.1 Å². The van der Waals surface area contributed by atoms with E-state index in [1.54, 1.807) is 24.3 Å². The van der Waals surface area contributed by atoms with Crippen LogP contribution in [0.1, 0.15) is 39.9 Å². The van der Waals surface area contributed by atoms with Gasteiger partial charge in [-0.15, -0.1) is 8.78 Å². The van der Waals surface area contributed by atoms with E-state index in [2.05, 4.69) is 9.47 Å². The maximum absolute atomic E-state index is 13.4. The summed E-state index contributed by atoms with van der Waals surface area (Å²) >= 11 is 6.17. The average Bonchev–Trinajstić information content (AvgIpc) is 3.51. The minimum absolute atomic E-state index is 0.0163. The lowest BCUT2D eigenvalue weighted by Gasteiger charge is -2.16. The van der Waals surface area contributed by atoms with Crippen LogP contribution in [0, 0.1) is 6.92 Å². The van der Waals surface area contributed by atoms with E-state index in [1.807, 2.05) is 25.1 Å². The molecule has 3 aromatic carbocycles. The Morgan fingerprint density at radius 2 is 1.79 bits per heavy atom. The molecule has 0 bridgehead atoms. The molecule has 0 N–H and O–H groups in total. The predicted molar refractivity (Wildman–Crippen MR) is 119 cm³/mol. The van der Waals surface area contributed by atoms with Gasteiger partial charge in [-0.25, -0.2) is 0 Å². The zero-order chi connectivity index (χ0) is 23.4. The number of carbonyl (C=O) groups is 2. The van der Waals surface area contributed by atoms with Gasteiger partial charge < -0.3 is 9.47 Å². The molecule has 0 spiro atoms. The van der Waals surface area contributed by atoms with Gasteiger partial charge in [0.2, 0.25) is 0 Å². The SMILES string of the molecule is Cc1ccc(CC(=O)C2(c3ccc4c(c3)OC(F)(F)O4)CC2)cc1-c1cc(Cl)cc(C=O)c1. The molecule has 1 aliphatic carbocycles. The largest absolute Gasteiger partial charge is 0.586 e. The van der Waals surface area contributed by atoms with E-state index in [0.717, 1.165) is 28.5 Å². The summed E-state index contributed by atoms with van der Waals surface area (Å²) in [5.74, 6) is -0.0740. The molecule has 7 heteroatoms. The third kappa shape index (κ3) is 4.00. The highest BCUT2D eigenvalue weighted by Crippen LogP contribution is 2.52. The van der Waals surface area contributed by atoms with Gasteiger partial charge in [0.05, 0.1) is 5.41 Å². The van der Waals surface area contributed by atoms with Crippen molar-refractivity contribution in [3.05, 3.63) is 81.9 Å². The molecule has 1 heterocycles. The molecule has 3 aromatic rings. The van der Waals surface area contributed by atoms with Crippen molar-refractivity contribution < 1.29 is 27.8 Å². The number of aldehydes is 1. The Morgan fingerprint density at radius 3 is 2.52 bits per heavy atom. The van der Waals surface area contributed by atoms with Crippen molar-refractivity contribution in [2.75, 3.05) is 0 Å². The van der Waals surface area contributed by atoms with Crippen molar-refractivity contribution in [1.82, 2.24) is 0 Å². The molecule has 1 saturated carbocycles. The van der Waals surface area contributed by atoms with Gasteiger partial charge in [-0.05, 0) is 77.9 Å². The average molecular weight is 469 g/mol. The summed E-state index contributed by atoms with van der Waals surface area (Å²) in [4.78, 5) is 24.6. The van der Waals surface area contributed by atoms with Crippen LogP contribution in [0.3, 0.4) is 0 Å². The lowest BCUT2D eigenvalue weighted by atomic mass is 9.86. The van der Waals surface area contributed by atoms with Crippen LogP contribution in [0.5, 0.6) is 11.5 Å². The van der Waals surface area contributed by atoms with Gasteiger partial charge in [0.15, 0.2) is 11.5 Å². The fraction of sp³-hybridized carbons (Fsp3) is 0.231. The minimum atomic E-state index is -3.69. The van der Waals surface area contributed by atoms with Gasteiger partial charge in [0.1, 0.15) is 12.1 Å². The molecule has 168 valence electrons. The molecule has 1 fully saturated rings. The van der Waals surface area contributed by atoms with E-state index in [4.69, 9.17) is 11.6 Å². The number of hydrogen-bond acceptors (Lipinski definition) is 4. The number of carbonyl (C=O) groups excluding carboxylic acids is 2. The number of aryl methyl sites for hydroxylation is 1. The van der Waals surface area contributed by atoms with Crippen molar-refractivity contribution >= 4 is 23.7 Å². The number of ketones is 1. The number of fused-ring (bicyclic) bond motifs is 1. The molecule has 0 saturated heterocycles. The van der Waals surface area contributed by atoms with E-state index < -0.39 is 11.7 Å². The molecular formula is C26H19ClF2O4. The van der Waals surface area contributed by atoms with Gasteiger partial charge >= 0.3 is 6.29 Å². The van der Waals surface area contributed by atoms with Gasteiger partial charge in [-0.3, -0.25) is 9.59 Å². The standard InChI is InChI=1S/C26H19ClF2O4/c1-15-2-3-16(10-21(15)18-8-17(14-30)9-20(27)12-18)11-24(31)25(6-7-25)19-4-5-22-23(13-19)33-26(28,29)32-22/h2-5,8-10,12-14H,6-7,11H2,1H3. The molecule has 5 rings (SSSR count). The zero-order valence-corrected chi connectivity index (χ0v) is 18.4. The lowest BCUT2D eigenvalue weighted by molar-refractivity contribution is -0.286. The zero-order valence-electron chi connectivity index (χ0n) is 17.7. The molecule has 2 aliphatic rings. The summed E-state index contributed by atoms with van der Waals surface area (Å²) in [5, 5.41) is 0.459. The highest BCUT2D eigenvalue weighted by molar-refractivity contribution is 6.31. The smallest absolute Gasteiger partial charge is 0.395 e. The second-order valence-corrected chi connectivity index (χ2v) is 8.99. The molecule has 0 unspecified atom stereocenters. The summed E-state index contributed by atoms with van der Waals surface area (Å²) in [5.41, 5.74) is 3.93. The fourth-order valence-electron chi connectivity index (χ4n) is 4.38. The molecule has 1 aliphatic heterocycles. The summed E-state index contributed by atoms with van der Waals surface area (Å²) < 4.78 is 35.8. The summed E-state index contributed by atoms with van der Waals surface area (Å²) in [6.45, 7) is 1.95. The molecule has 0 aromatic heterocycles. The molecule has 33 heavy (non-hydrogen) atoms. The van der Waals surface area contributed by atoms with Gasteiger partial charge in [0.25, 0.3) is 0 Å². The molecular weight excluding hydrogens is 450 g/mol. The molecule has 0 radical (unpaired) electrons. The number of alkyl halides is 2. The lowest BCUT2D eigenvalue weighted by Crippen LogP contribution is -2.26. The predicted octanol–water partition coefficient (Wildman–Crippen LogP) is 6.29. The number of halogens is 3. The van der Waals surface area contributed by atoms with Crippen LogP contribution in [0.15, 0.2) is 54.6 Å². The Labute approximate surface area is 194 Å². The van der Waals surface area contributed by atoms with E-state index in [0.29, 0.717) is 29.0 Å². The first-order valence-electron chi connectivity index (χ1n) is 10.5. The van der Waals surface area contributed by atoms with Crippen LogP contribution >= 0.6 is 11.6 Å². The second kappa shape index (κ2) is 7.66. The van der Waals surface area contributed by atoms with E-state index in [1.165, 1.54) is 12.1 Å². The number of hydrogen-bond donors (Lipinski definition) is 0. The third-order valence-corrected chi connectivity index (χ3v) is 6.49. The highest BCUT2D eigenvalue weighted by Gasteiger charge is 2.52. The molecule has 4 nitrogen and oxygen atoms in total. The first-order chi connectivity index (χ1) is 15.7. The van der Waals surface area contributed by atoms with Gasteiger partial charge in [-0.2, -0.15) is 0 Å². The Hall–Kier alpha value is -3.25. The Bertz CT molecular complexity index is 1300. The molecule has 0 amide bonds. The van der Waals surface area contributed by atoms with Crippen LogP contribution in [0.2, 0.25) is 5.02 Å². The van der Waals surface area contributed by atoms with E-state index in [-0.39, 0.29) is 23.7 Å². The summed E-state index contributed by atoms with van der Waals surface area (Å²) in [6, 6.07) is 15.5. The third-order valence-electron chi connectivity index (χ3n) is 6.27. The highest BCUT2D eigenvalue weighted by atomic mass is 35.5. The van der Waals surface area contributed by atoms with E-state index >= 15 is 0 Å². The second-order valence-electron chi connectivity index (χ2n) is 8.55. The van der Waals surface area contributed by atoms with Crippen molar-refractivity contribution in [3.8, 4) is 22.6 Å². The summed E-state index contributed by atoms with van der Waals surface area (Å²) in [7, 11) is 0. The van der Waals surface area contributed by atoms with Crippen LogP contribution < -0.4 is 9.47 Å². The Kier molecular flexibility index (Phi) is 5.01. The quantitative estimate of drug-likeness (QED) is 0.399. The number of benzene rings is 3. The monoisotopic (exact) mass is 468 g/mol. The van der Waals surface area contributed by atoms with Gasteiger partial charge in [-0.1, -0.05) is 35.9 Å². The Morgan fingerprint density at radius 1 is 1.03 bits per heavy atom. The number of ether oxygens (including phenoxy) is 2. The fourth-order valence-corrected chi connectivity index (χ4v) is 4.62. The first-order valence-corrected chi connectivity index (χ1v) is 10.9. The van der Waals surface area contributed by atoms with Crippen LogP contribution in [-0.4, -0.2) is 18.4 Å². The van der Waals surface area contributed by atoms with Crippen molar-refractivity contribution in [2.24, 2.45) is 0 Å². The van der Waals surface area contributed by atoms with Crippen molar-refractivity contribution in [1.29, 1.82) is 0 Å². The minimum Gasteiger partial charge on any atom is -0.395 e. The van der Waals surface area contributed by atoms with Crippen LogP contribution in [-0.2, 0) is 16.6 Å². The Balaban J connectivity index is 1.42. The number of Topliss-reactive ketones (excluding diaryl/α,β-unsaturated/α-hetero) is 1. The summed E-state index contributed by atoms with van der Waals surface area (Å²) in [6.07, 6.45) is -1.45. The first kappa shape index (κ1) is 21.6. The van der Waals surface area contributed by atoms with Gasteiger partial charge in [0, 0.05) is 17.0 Å². The van der Waals surface area contributed by atoms with Crippen molar-refractivity contribution in [2.45, 2.75) is 37.9 Å². The molecule has 0 atom stereocenters. The maximum Gasteiger partial charge on any atom is 0.586 e.